The Morgan fingerprint density at radius 1 is 1.38 bits per heavy atom. The maximum atomic E-state index is 12.7. The van der Waals surface area contributed by atoms with Gasteiger partial charge in [0.05, 0.1) is 12.0 Å². The standard InChI is InChI=1S/C18H24BrN3O2/c1-12-8-14(19)5-6-15(12)22-16(23)10-21-17(24)18-7-3-2-4-13(18)9-20-11-18/h5-6,8,13,20H,2-4,7,9-11H2,1H3,(H,21,24)(H,22,23)/t13-,18+/m0/s1. The highest BCUT2D eigenvalue weighted by Crippen LogP contribution is 2.43. The van der Waals surface area contributed by atoms with E-state index in [4.69, 9.17) is 0 Å². The van der Waals surface area contributed by atoms with E-state index in [9.17, 15) is 9.59 Å². The molecule has 0 spiro atoms. The summed E-state index contributed by atoms with van der Waals surface area (Å²) < 4.78 is 0.975. The molecule has 2 aliphatic rings. The van der Waals surface area contributed by atoms with Crippen LogP contribution in [0.5, 0.6) is 0 Å². The van der Waals surface area contributed by atoms with Gasteiger partial charge in [0.2, 0.25) is 11.8 Å². The normalized spacial score (nSPS) is 25.8. The second kappa shape index (κ2) is 7.23. The predicted molar refractivity (Wildman–Crippen MR) is 97.8 cm³/mol. The largest absolute Gasteiger partial charge is 0.346 e. The molecule has 1 aliphatic heterocycles. The molecule has 24 heavy (non-hydrogen) atoms. The lowest BCUT2D eigenvalue weighted by atomic mass is 9.67. The molecule has 6 heteroatoms. The summed E-state index contributed by atoms with van der Waals surface area (Å²) in [6.07, 6.45) is 4.31. The van der Waals surface area contributed by atoms with Crippen LogP contribution in [-0.4, -0.2) is 31.4 Å². The molecule has 0 aromatic heterocycles. The minimum absolute atomic E-state index is 0.0167. The molecule has 2 amide bonds. The van der Waals surface area contributed by atoms with E-state index in [0.29, 0.717) is 5.92 Å². The van der Waals surface area contributed by atoms with Crippen LogP contribution in [-0.2, 0) is 9.59 Å². The van der Waals surface area contributed by atoms with Gasteiger partial charge in [-0.1, -0.05) is 28.8 Å². The molecule has 1 saturated heterocycles. The Hall–Kier alpha value is -1.40. The number of rotatable bonds is 4. The zero-order chi connectivity index (χ0) is 17.2. The maximum Gasteiger partial charge on any atom is 0.243 e. The number of fused-ring (bicyclic) bond motifs is 1. The lowest BCUT2D eigenvalue weighted by Crippen LogP contribution is -2.49. The van der Waals surface area contributed by atoms with Gasteiger partial charge in [-0.3, -0.25) is 9.59 Å². The van der Waals surface area contributed by atoms with Crippen LogP contribution in [0.1, 0.15) is 31.2 Å². The Bertz CT molecular complexity index is 649. The monoisotopic (exact) mass is 393 g/mol. The van der Waals surface area contributed by atoms with Gasteiger partial charge in [0.25, 0.3) is 0 Å². The summed E-state index contributed by atoms with van der Waals surface area (Å²) >= 11 is 3.41. The van der Waals surface area contributed by atoms with Crippen LogP contribution < -0.4 is 16.0 Å². The number of benzene rings is 1. The molecule has 130 valence electrons. The summed E-state index contributed by atoms with van der Waals surface area (Å²) in [6.45, 7) is 3.60. The van der Waals surface area contributed by atoms with Crippen molar-refractivity contribution in [3.05, 3.63) is 28.2 Å². The topological polar surface area (TPSA) is 70.2 Å². The molecule has 3 rings (SSSR count). The summed E-state index contributed by atoms with van der Waals surface area (Å²) in [4.78, 5) is 24.9. The van der Waals surface area contributed by atoms with Crippen LogP contribution >= 0.6 is 15.9 Å². The van der Waals surface area contributed by atoms with Crippen molar-refractivity contribution in [2.24, 2.45) is 11.3 Å². The fourth-order valence-electron chi connectivity index (χ4n) is 3.99. The highest BCUT2D eigenvalue weighted by Gasteiger charge is 2.49. The Morgan fingerprint density at radius 3 is 3.00 bits per heavy atom. The minimum Gasteiger partial charge on any atom is -0.346 e. The molecule has 5 nitrogen and oxygen atoms in total. The lowest BCUT2D eigenvalue weighted by Gasteiger charge is -2.37. The molecular formula is C18H24BrN3O2. The van der Waals surface area contributed by atoms with Gasteiger partial charge in [-0.05, 0) is 56.0 Å². The van der Waals surface area contributed by atoms with Crippen LogP contribution in [0.3, 0.4) is 0 Å². The molecule has 1 aromatic carbocycles. The van der Waals surface area contributed by atoms with Crippen LogP contribution in [0, 0.1) is 18.3 Å². The minimum atomic E-state index is -0.313. The Kier molecular flexibility index (Phi) is 5.25. The van der Waals surface area contributed by atoms with E-state index in [2.05, 4.69) is 31.9 Å². The van der Waals surface area contributed by atoms with Crippen molar-refractivity contribution in [3.8, 4) is 0 Å². The second-order valence-electron chi connectivity index (χ2n) is 6.92. The van der Waals surface area contributed by atoms with Crippen LogP contribution in [0.15, 0.2) is 22.7 Å². The molecule has 1 aliphatic carbocycles. The first-order valence-electron chi connectivity index (χ1n) is 8.56. The number of hydrogen-bond donors (Lipinski definition) is 3. The van der Waals surface area contributed by atoms with E-state index < -0.39 is 0 Å². The second-order valence-corrected chi connectivity index (χ2v) is 7.84. The smallest absolute Gasteiger partial charge is 0.243 e. The van der Waals surface area contributed by atoms with E-state index in [1.165, 1.54) is 6.42 Å². The fourth-order valence-corrected chi connectivity index (χ4v) is 4.46. The molecule has 1 aromatic rings. The van der Waals surface area contributed by atoms with Gasteiger partial charge in [0, 0.05) is 16.7 Å². The van der Waals surface area contributed by atoms with Gasteiger partial charge in [0.1, 0.15) is 0 Å². The third kappa shape index (κ3) is 3.49. The van der Waals surface area contributed by atoms with Crippen molar-refractivity contribution >= 4 is 33.4 Å². The van der Waals surface area contributed by atoms with Crippen molar-refractivity contribution in [1.82, 2.24) is 10.6 Å². The molecule has 2 fully saturated rings. The average Bonchev–Trinajstić information content (AvgIpc) is 3.00. The van der Waals surface area contributed by atoms with E-state index in [1.807, 2.05) is 25.1 Å². The van der Waals surface area contributed by atoms with Gasteiger partial charge < -0.3 is 16.0 Å². The first kappa shape index (κ1) is 17.4. The molecule has 0 unspecified atom stereocenters. The number of hydrogen-bond acceptors (Lipinski definition) is 3. The molecule has 2 atom stereocenters. The van der Waals surface area contributed by atoms with Gasteiger partial charge in [0.15, 0.2) is 0 Å². The van der Waals surface area contributed by atoms with E-state index in [-0.39, 0.29) is 23.8 Å². The predicted octanol–water partition coefficient (Wildman–Crippen LogP) is 2.59. The van der Waals surface area contributed by atoms with E-state index >= 15 is 0 Å². The highest BCUT2D eigenvalue weighted by molar-refractivity contribution is 9.10. The number of halogens is 1. The number of nitrogens with one attached hydrogen (secondary N) is 3. The summed E-state index contributed by atoms with van der Waals surface area (Å²) in [7, 11) is 0. The van der Waals surface area contributed by atoms with Crippen LogP contribution in [0.4, 0.5) is 5.69 Å². The molecule has 0 radical (unpaired) electrons. The van der Waals surface area contributed by atoms with Crippen molar-refractivity contribution in [1.29, 1.82) is 0 Å². The molecule has 1 saturated carbocycles. The van der Waals surface area contributed by atoms with Crippen molar-refractivity contribution in [2.75, 3.05) is 25.0 Å². The number of aryl methyl sites for hydroxylation is 1. The molecule has 0 bridgehead atoms. The summed E-state index contributed by atoms with van der Waals surface area (Å²) in [5.41, 5.74) is 1.44. The van der Waals surface area contributed by atoms with Crippen molar-refractivity contribution < 1.29 is 9.59 Å². The van der Waals surface area contributed by atoms with E-state index in [1.54, 1.807) is 0 Å². The van der Waals surface area contributed by atoms with Crippen molar-refractivity contribution in [2.45, 2.75) is 32.6 Å². The van der Waals surface area contributed by atoms with Crippen LogP contribution in [0.2, 0.25) is 0 Å². The zero-order valence-electron chi connectivity index (χ0n) is 14.0. The number of carbonyl (C=O) groups excluding carboxylic acids is 2. The van der Waals surface area contributed by atoms with Gasteiger partial charge in [-0.25, -0.2) is 0 Å². The molecule has 1 heterocycles. The lowest BCUT2D eigenvalue weighted by molar-refractivity contribution is -0.135. The third-order valence-corrected chi connectivity index (χ3v) is 5.86. The zero-order valence-corrected chi connectivity index (χ0v) is 15.5. The Labute approximate surface area is 151 Å². The Morgan fingerprint density at radius 2 is 2.21 bits per heavy atom. The molecular weight excluding hydrogens is 370 g/mol. The SMILES string of the molecule is Cc1cc(Br)ccc1NC(=O)CNC(=O)[C@@]12CCCC[C@H]1CNC2. The fraction of sp³-hybridized carbons (Fsp3) is 0.556. The number of amides is 2. The maximum absolute atomic E-state index is 12.7. The highest BCUT2D eigenvalue weighted by atomic mass is 79.9. The molecule has 3 N–H and O–H groups in total. The third-order valence-electron chi connectivity index (χ3n) is 5.36. The number of carbonyl (C=O) groups is 2. The quantitative estimate of drug-likeness (QED) is 0.735. The Balaban J connectivity index is 1.57. The first-order valence-corrected chi connectivity index (χ1v) is 9.35. The summed E-state index contributed by atoms with van der Waals surface area (Å²) in [5, 5.41) is 9.09. The summed E-state index contributed by atoms with van der Waals surface area (Å²) in [5.74, 6) is 0.242. The summed E-state index contributed by atoms with van der Waals surface area (Å²) in [6, 6.07) is 5.69. The number of anilines is 1. The van der Waals surface area contributed by atoms with Crippen LogP contribution in [0.25, 0.3) is 0 Å². The van der Waals surface area contributed by atoms with Gasteiger partial charge in [-0.2, -0.15) is 0 Å². The van der Waals surface area contributed by atoms with Gasteiger partial charge >= 0.3 is 0 Å². The first-order chi connectivity index (χ1) is 11.5. The van der Waals surface area contributed by atoms with E-state index in [0.717, 1.165) is 48.1 Å². The van der Waals surface area contributed by atoms with Crippen molar-refractivity contribution in [3.63, 3.8) is 0 Å². The average molecular weight is 394 g/mol. The van der Waals surface area contributed by atoms with Gasteiger partial charge in [-0.15, -0.1) is 0 Å².